The molecule has 24 heavy (non-hydrogen) atoms. The van der Waals surface area contributed by atoms with Crippen LogP contribution in [0.25, 0.3) is 0 Å². The van der Waals surface area contributed by atoms with E-state index in [1.807, 2.05) is 36.0 Å². The highest BCUT2D eigenvalue weighted by Crippen LogP contribution is 2.17. The molecule has 0 unspecified atom stereocenters. The van der Waals surface area contributed by atoms with Crippen molar-refractivity contribution in [3.63, 3.8) is 0 Å². The summed E-state index contributed by atoms with van der Waals surface area (Å²) in [7, 11) is 3.48. The molecule has 0 fully saturated rings. The molecule has 1 aromatic rings. The third-order valence-corrected chi connectivity index (χ3v) is 3.85. The molecule has 1 rings (SSSR count). The lowest BCUT2D eigenvalue weighted by atomic mass is 10.3. The van der Waals surface area contributed by atoms with Gasteiger partial charge < -0.3 is 20.1 Å². The lowest BCUT2D eigenvalue weighted by Gasteiger charge is -2.13. The lowest BCUT2D eigenvalue weighted by Crippen LogP contribution is -2.31. The van der Waals surface area contributed by atoms with Gasteiger partial charge in [-0.2, -0.15) is 11.8 Å². The number of ether oxygens (including phenoxy) is 2. The molecule has 0 saturated carbocycles. The van der Waals surface area contributed by atoms with Crippen LogP contribution < -0.4 is 15.4 Å². The van der Waals surface area contributed by atoms with Crippen LogP contribution in [0.5, 0.6) is 5.75 Å². The zero-order valence-corrected chi connectivity index (χ0v) is 18.0. The molecule has 7 heteroatoms. The van der Waals surface area contributed by atoms with Gasteiger partial charge in [-0.3, -0.25) is 4.99 Å². The van der Waals surface area contributed by atoms with Gasteiger partial charge in [-0.05, 0) is 37.0 Å². The number of hydrogen-bond donors (Lipinski definition) is 2. The maximum Gasteiger partial charge on any atom is 0.195 e. The molecule has 5 nitrogen and oxygen atoms in total. The van der Waals surface area contributed by atoms with Crippen molar-refractivity contribution < 1.29 is 9.47 Å². The molecule has 1 aromatic carbocycles. The van der Waals surface area contributed by atoms with E-state index in [-0.39, 0.29) is 24.0 Å². The maximum absolute atomic E-state index is 5.71. The smallest absolute Gasteiger partial charge is 0.195 e. The highest BCUT2D eigenvalue weighted by atomic mass is 127. The number of thioether (sulfide) groups is 1. The third-order valence-electron chi connectivity index (χ3n) is 3.15. The van der Waals surface area contributed by atoms with Gasteiger partial charge in [0.2, 0.25) is 0 Å². The Hall–Kier alpha value is -0.670. The molecule has 0 aromatic heterocycles. The van der Waals surface area contributed by atoms with Crippen molar-refractivity contribution in [3.8, 4) is 5.75 Å². The molecule has 0 atom stereocenters. The quantitative estimate of drug-likeness (QED) is 0.224. The summed E-state index contributed by atoms with van der Waals surface area (Å²) in [5.74, 6) is 2.84. The summed E-state index contributed by atoms with van der Waals surface area (Å²) in [6.45, 7) is 2.29. The van der Waals surface area contributed by atoms with Crippen molar-refractivity contribution in [2.24, 2.45) is 4.99 Å². The fraction of sp³-hybridized carbons (Fsp3) is 0.588. The number of benzene rings is 1. The molecule has 0 aliphatic heterocycles. The zero-order chi connectivity index (χ0) is 16.8. The molecule has 2 N–H and O–H groups in total. The van der Waals surface area contributed by atoms with E-state index in [1.165, 1.54) is 12.2 Å². The Morgan fingerprint density at radius 3 is 2.75 bits per heavy atom. The number of hydrogen-bond acceptors (Lipinski definition) is 4. The number of aliphatic imine (C=N–C) groups is 1. The van der Waals surface area contributed by atoms with Crippen molar-refractivity contribution in [2.45, 2.75) is 19.3 Å². The van der Waals surface area contributed by atoms with Crippen LogP contribution in [0.3, 0.4) is 0 Å². The monoisotopic (exact) mass is 467 g/mol. The Morgan fingerprint density at radius 1 is 1.21 bits per heavy atom. The van der Waals surface area contributed by atoms with E-state index in [1.54, 1.807) is 14.2 Å². The van der Waals surface area contributed by atoms with Gasteiger partial charge in [0.05, 0.1) is 6.61 Å². The van der Waals surface area contributed by atoms with Crippen LogP contribution in [0.1, 0.15) is 19.3 Å². The second kappa shape index (κ2) is 15.8. The second-order valence-electron chi connectivity index (χ2n) is 5.05. The predicted molar refractivity (Wildman–Crippen MR) is 116 cm³/mol. The highest BCUT2D eigenvalue weighted by molar-refractivity contribution is 14.0. The van der Waals surface area contributed by atoms with Crippen molar-refractivity contribution in [1.82, 2.24) is 5.32 Å². The third kappa shape index (κ3) is 11.0. The van der Waals surface area contributed by atoms with E-state index in [2.05, 4.69) is 21.9 Å². The van der Waals surface area contributed by atoms with Crippen LogP contribution in [-0.2, 0) is 4.74 Å². The summed E-state index contributed by atoms with van der Waals surface area (Å²) in [6, 6.07) is 7.91. The fourth-order valence-electron chi connectivity index (χ4n) is 1.95. The highest BCUT2D eigenvalue weighted by Gasteiger charge is 2.01. The Bertz CT molecular complexity index is 461. The minimum Gasteiger partial charge on any atom is -0.493 e. The lowest BCUT2D eigenvalue weighted by molar-refractivity contribution is 0.172. The van der Waals surface area contributed by atoms with Crippen molar-refractivity contribution in [1.29, 1.82) is 0 Å². The first-order valence-corrected chi connectivity index (χ1v) is 9.38. The summed E-state index contributed by atoms with van der Waals surface area (Å²) in [4.78, 5) is 4.25. The van der Waals surface area contributed by atoms with Gasteiger partial charge in [-0.25, -0.2) is 0 Å². The number of halogens is 1. The van der Waals surface area contributed by atoms with E-state index in [0.717, 1.165) is 36.8 Å². The molecule has 0 bridgehead atoms. The van der Waals surface area contributed by atoms with E-state index in [9.17, 15) is 0 Å². The van der Waals surface area contributed by atoms with Crippen LogP contribution in [0.15, 0.2) is 29.3 Å². The Morgan fingerprint density at radius 2 is 2.04 bits per heavy atom. The molecular formula is C17H30IN3O2S. The van der Waals surface area contributed by atoms with Gasteiger partial charge in [-0.15, -0.1) is 24.0 Å². The minimum absolute atomic E-state index is 0. The van der Waals surface area contributed by atoms with Gasteiger partial charge in [0, 0.05) is 45.5 Å². The van der Waals surface area contributed by atoms with E-state index >= 15 is 0 Å². The summed E-state index contributed by atoms with van der Waals surface area (Å²) < 4.78 is 10.7. The first-order valence-electron chi connectivity index (χ1n) is 7.98. The molecule has 138 valence electrons. The second-order valence-corrected chi connectivity index (χ2v) is 6.03. The summed E-state index contributed by atoms with van der Waals surface area (Å²) >= 11 is 1.88. The molecule has 0 radical (unpaired) electrons. The largest absolute Gasteiger partial charge is 0.493 e. The number of nitrogens with zero attached hydrogens (tertiary/aromatic N) is 1. The number of unbranched alkanes of at least 4 members (excludes halogenated alkanes) is 1. The van der Waals surface area contributed by atoms with Gasteiger partial charge in [0.25, 0.3) is 0 Å². The first kappa shape index (κ1) is 23.3. The number of methoxy groups -OCH3 is 1. The summed E-state index contributed by atoms with van der Waals surface area (Å²) in [5.41, 5.74) is 0.964. The number of rotatable bonds is 11. The predicted octanol–water partition coefficient (Wildman–Crippen LogP) is 3.85. The van der Waals surface area contributed by atoms with Gasteiger partial charge >= 0.3 is 0 Å². The zero-order valence-electron chi connectivity index (χ0n) is 14.8. The number of nitrogens with one attached hydrogen (secondary N) is 2. The normalized spacial score (nSPS) is 10.9. The van der Waals surface area contributed by atoms with Crippen LogP contribution in [0.4, 0.5) is 5.69 Å². The Labute approximate surface area is 167 Å². The molecular weight excluding hydrogens is 437 g/mol. The Kier molecular flexibility index (Phi) is 15.4. The molecule has 0 heterocycles. The molecule has 0 saturated heterocycles. The van der Waals surface area contributed by atoms with E-state index in [0.29, 0.717) is 13.2 Å². The van der Waals surface area contributed by atoms with Gasteiger partial charge in [0.15, 0.2) is 5.96 Å². The average molecular weight is 467 g/mol. The standard InChI is InChI=1S/C17H29N3O2S.HI/c1-18-17(19-10-4-5-13-23-3)20-15-8-6-9-16(14-15)22-12-7-11-21-2;/h6,8-9,14H,4-5,7,10-13H2,1-3H3,(H2,18,19,20);1H. The summed E-state index contributed by atoms with van der Waals surface area (Å²) in [6.07, 6.45) is 5.38. The molecule has 0 spiro atoms. The van der Waals surface area contributed by atoms with Crippen molar-refractivity contribution in [2.75, 3.05) is 51.2 Å². The van der Waals surface area contributed by atoms with Crippen molar-refractivity contribution in [3.05, 3.63) is 24.3 Å². The topological polar surface area (TPSA) is 54.9 Å². The molecule has 0 amide bonds. The summed E-state index contributed by atoms with van der Waals surface area (Å²) in [5, 5.41) is 6.62. The molecule has 0 aliphatic rings. The fourth-order valence-corrected chi connectivity index (χ4v) is 2.44. The van der Waals surface area contributed by atoms with Crippen LogP contribution in [0.2, 0.25) is 0 Å². The van der Waals surface area contributed by atoms with Crippen LogP contribution >= 0.6 is 35.7 Å². The minimum atomic E-state index is 0. The van der Waals surface area contributed by atoms with Crippen molar-refractivity contribution >= 4 is 47.4 Å². The molecule has 0 aliphatic carbocycles. The number of anilines is 1. The SMILES string of the molecule is CN=C(NCCCCSC)Nc1cccc(OCCCOC)c1.I. The average Bonchev–Trinajstić information content (AvgIpc) is 2.58. The van der Waals surface area contributed by atoms with Gasteiger partial charge in [-0.1, -0.05) is 6.07 Å². The first-order chi connectivity index (χ1) is 11.3. The Balaban J connectivity index is 0.00000529. The maximum atomic E-state index is 5.71. The van der Waals surface area contributed by atoms with E-state index < -0.39 is 0 Å². The van der Waals surface area contributed by atoms with E-state index in [4.69, 9.17) is 9.47 Å². The van der Waals surface area contributed by atoms with Crippen LogP contribution in [0, 0.1) is 0 Å². The van der Waals surface area contributed by atoms with Crippen LogP contribution in [-0.4, -0.2) is 51.9 Å². The van der Waals surface area contributed by atoms with Gasteiger partial charge in [0.1, 0.15) is 5.75 Å². The number of guanidine groups is 1.